The molecule has 1 atom stereocenters. The highest BCUT2D eigenvalue weighted by Crippen LogP contribution is 2.29. The minimum absolute atomic E-state index is 0.0961. The van der Waals surface area contributed by atoms with Crippen LogP contribution < -0.4 is 15.0 Å². The summed E-state index contributed by atoms with van der Waals surface area (Å²) in [7, 11) is 7.25. The number of carbonyl (C=O) groups excluding carboxylic acids is 1. The molecule has 2 aromatic rings. The van der Waals surface area contributed by atoms with Gasteiger partial charge in [-0.25, -0.2) is 0 Å². The van der Waals surface area contributed by atoms with Crippen LogP contribution in [0.25, 0.3) is 0 Å². The van der Waals surface area contributed by atoms with Crippen LogP contribution in [0.15, 0.2) is 42.5 Å². The molecule has 0 saturated heterocycles. The first kappa shape index (κ1) is 21.2. The third-order valence-electron chi connectivity index (χ3n) is 4.58. The number of likely N-dealkylation sites (N-methyl/N-ethyl adjacent to an activating group) is 1. The van der Waals surface area contributed by atoms with Crippen molar-refractivity contribution in [1.29, 1.82) is 0 Å². The first-order valence-electron chi connectivity index (χ1n) is 8.82. The predicted molar refractivity (Wildman–Crippen MR) is 110 cm³/mol. The van der Waals surface area contributed by atoms with Gasteiger partial charge in [-0.05, 0) is 37.7 Å². The van der Waals surface area contributed by atoms with Crippen molar-refractivity contribution in [3.8, 4) is 5.75 Å². The molecule has 1 amide bonds. The standard InChI is InChI=1S/C20H26N4O4/c1-14(23(4)13-15-6-8-16(9-7-15)22(2)3)20(25)21-18-11-10-17(24(26)27)12-19(18)28-5/h6-12,14H,13H2,1-5H3,(H,21,25)/t14-/m1/s1. The molecule has 1 N–H and O–H groups in total. The quantitative estimate of drug-likeness (QED) is 0.554. The molecular formula is C20H26N4O4. The predicted octanol–water partition coefficient (Wildman–Crippen LogP) is 3.13. The van der Waals surface area contributed by atoms with Crippen LogP contribution in [0.2, 0.25) is 0 Å². The van der Waals surface area contributed by atoms with Gasteiger partial charge < -0.3 is 15.0 Å². The number of nitrogens with one attached hydrogen (secondary N) is 1. The van der Waals surface area contributed by atoms with Crippen molar-refractivity contribution in [2.45, 2.75) is 19.5 Å². The van der Waals surface area contributed by atoms with Crippen molar-refractivity contribution in [1.82, 2.24) is 4.90 Å². The van der Waals surface area contributed by atoms with E-state index in [2.05, 4.69) is 5.32 Å². The Labute approximate surface area is 164 Å². The SMILES string of the molecule is COc1cc([N+](=O)[O-])ccc1NC(=O)[C@@H](C)N(C)Cc1ccc(N(C)C)cc1. The number of ether oxygens (including phenoxy) is 1. The van der Waals surface area contributed by atoms with E-state index in [9.17, 15) is 14.9 Å². The lowest BCUT2D eigenvalue weighted by atomic mass is 10.1. The van der Waals surface area contributed by atoms with Crippen LogP contribution >= 0.6 is 0 Å². The van der Waals surface area contributed by atoms with Gasteiger partial charge in [-0.15, -0.1) is 0 Å². The van der Waals surface area contributed by atoms with E-state index in [0.29, 0.717) is 12.2 Å². The Morgan fingerprint density at radius 2 is 1.82 bits per heavy atom. The number of nitrogens with zero attached hydrogens (tertiary/aromatic N) is 3. The molecule has 0 aromatic heterocycles. The summed E-state index contributed by atoms with van der Waals surface area (Å²) in [6.45, 7) is 2.42. The van der Waals surface area contributed by atoms with Crippen molar-refractivity contribution >= 4 is 23.0 Å². The highest BCUT2D eigenvalue weighted by molar-refractivity contribution is 5.96. The molecule has 2 rings (SSSR count). The monoisotopic (exact) mass is 386 g/mol. The van der Waals surface area contributed by atoms with Gasteiger partial charge >= 0.3 is 0 Å². The molecule has 8 heteroatoms. The lowest BCUT2D eigenvalue weighted by Gasteiger charge is -2.24. The zero-order chi connectivity index (χ0) is 20.8. The molecular weight excluding hydrogens is 360 g/mol. The van der Waals surface area contributed by atoms with E-state index in [1.807, 2.05) is 55.2 Å². The van der Waals surface area contributed by atoms with Gasteiger partial charge in [0.25, 0.3) is 5.69 Å². The van der Waals surface area contributed by atoms with Crippen molar-refractivity contribution < 1.29 is 14.5 Å². The number of methoxy groups -OCH3 is 1. The number of anilines is 2. The third-order valence-corrected chi connectivity index (χ3v) is 4.58. The molecule has 0 heterocycles. The van der Waals surface area contributed by atoms with E-state index in [1.54, 1.807) is 6.92 Å². The van der Waals surface area contributed by atoms with Crippen LogP contribution in [0.5, 0.6) is 5.75 Å². The average Bonchev–Trinajstić information content (AvgIpc) is 2.67. The zero-order valence-corrected chi connectivity index (χ0v) is 16.8. The van der Waals surface area contributed by atoms with E-state index in [4.69, 9.17) is 4.74 Å². The number of hydrogen-bond acceptors (Lipinski definition) is 6. The maximum atomic E-state index is 12.6. The second-order valence-electron chi connectivity index (χ2n) is 6.78. The Morgan fingerprint density at radius 1 is 1.18 bits per heavy atom. The van der Waals surface area contributed by atoms with Gasteiger partial charge in [0.2, 0.25) is 5.91 Å². The number of rotatable bonds is 8. The van der Waals surface area contributed by atoms with Crippen LogP contribution in [-0.4, -0.2) is 50.0 Å². The van der Waals surface area contributed by atoms with Crippen molar-refractivity contribution in [3.63, 3.8) is 0 Å². The summed E-state index contributed by atoms with van der Waals surface area (Å²) in [5, 5.41) is 13.7. The summed E-state index contributed by atoms with van der Waals surface area (Å²) in [4.78, 5) is 27.0. The fraction of sp³-hybridized carbons (Fsp3) is 0.350. The third kappa shape index (κ3) is 5.20. The first-order valence-corrected chi connectivity index (χ1v) is 8.82. The molecule has 0 fully saturated rings. The van der Waals surface area contributed by atoms with Crippen molar-refractivity contribution in [2.24, 2.45) is 0 Å². The summed E-state index contributed by atoms with van der Waals surface area (Å²) >= 11 is 0. The van der Waals surface area contributed by atoms with E-state index >= 15 is 0 Å². The second kappa shape index (κ2) is 9.18. The molecule has 0 bridgehead atoms. The number of benzene rings is 2. The highest BCUT2D eigenvalue weighted by atomic mass is 16.6. The van der Waals surface area contributed by atoms with Gasteiger partial charge in [-0.3, -0.25) is 19.8 Å². The van der Waals surface area contributed by atoms with Crippen LogP contribution in [0.4, 0.5) is 17.1 Å². The number of amides is 1. The summed E-state index contributed by atoms with van der Waals surface area (Å²) < 4.78 is 5.17. The Kier molecular flexibility index (Phi) is 6.94. The average molecular weight is 386 g/mol. The van der Waals surface area contributed by atoms with Crippen LogP contribution in [0.3, 0.4) is 0 Å². The number of carbonyl (C=O) groups is 1. The van der Waals surface area contributed by atoms with Gasteiger partial charge in [0, 0.05) is 32.4 Å². The van der Waals surface area contributed by atoms with Crippen LogP contribution in [-0.2, 0) is 11.3 Å². The normalized spacial score (nSPS) is 11.8. The Bertz CT molecular complexity index is 837. The molecule has 8 nitrogen and oxygen atoms in total. The largest absolute Gasteiger partial charge is 0.494 e. The molecule has 0 spiro atoms. The molecule has 0 unspecified atom stereocenters. The van der Waals surface area contributed by atoms with E-state index in [1.165, 1.54) is 25.3 Å². The summed E-state index contributed by atoms with van der Waals surface area (Å²) in [6, 6.07) is 11.8. The fourth-order valence-electron chi connectivity index (χ4n) is 2.66. The minimum Gasteiger partial charge on any atom is -0.494 e. The molecule has 0 saturated carbocycles. The Balaban J connectivity index is 2.04. The van der Waals surface area contributed by atoms with E-state index < -0.39 is 11.0 Å². The molecule has 0 aliphatic carbocycles. The lowest BCUT2D eigenvalue weighted by molar-refractivity contribution is -0.384. The molecule has 2 aromatic carbocycles. The summed E-state index contributed by atoms with van der Waals surface area (Å²) in [6.07, 6.45) is 0. The van der Waals surface area contributed by atoms with E-state index in [0.717, 1.165) is 11.3 Å². The highest BCUT2D eigenvalue weighted by Gasteiger charge is 2.20. The van der Waals surface area contributed by atoms with Crippen LogP contribution in [0.1, 0.15) is 12.5 Å². The fourth-order valence-corrected chi connectivity index (χ4v) is 2.66. The van der Waals surface area contributed by atoms with Gasteiger partial charge in [-0.2, -0.15) is 0 Å². The molecule has 28 heavy (non-hydrogen) atoms. The summed E-state index contributed by atoms with van der Waals surface area (Å²) in [5.41, 5.74) is 2.51. The van der Waals surface area contributed by atoms with Gasteiger partial charge in [0.15, 0.2) is 0 Å². The van der Waals surface area contributed by atoms with Gasteiger partial charge in [0.1, 0.15) is 5.75 Å². The van der Waals surface area contributed by atoms with Crippen molar-refractivity contribution in [2.75, 3.05) is 38.5 Å². The molecule has 0 radical (unpaired) electrons. The zero-order valence-electron chi connectivity index (χ0n) is 16.8. The Morgan fingerprint density at radius 3 is 2.36 bits per heavy atom. The van der Waals surface area contributed by atoms with Crippen molar-refractivity contribution in [3.05, 3.63) is 58.1 Å². The van der Waals surface area contributed by atoms with Crippen LogP contribution in [0, 0.1) is 10.1 Å². The maximum absolute atomic E-state index is 12.6. The van der Waals surface area contributed by atoms with Gasteiger partial charge in [-0.1, -0.05) is 12.1 Å². The molecule has 150 valence electrons. The second-order valence-corrected chi connectivity index (χ2v) is 6.78. The number of non-ortho nitro benzene ring substituents is 1. The molecule has 0 aliphatic heterocycles. The topological polar surface area (TPSA) is 87.9 Å². The number of nitro groups is 1. The van der Waals surface area contributed by atoms with Gasteiger partial charge in [0.05, 0.1) is 29.8 Å². The Hall–Kier alpha value is -3.13. The molecule has 0 aliphatic rings. The summed E-state index contributed by atoms with van der Waals surface area (Å²) in [5.74, 6) is 0.0243. The smallest absolute Gasteiger partial charge is 0.273 e. The minimum atomic E-state index is -0.508. The lowest BCUT2D eigenvalue weighted by Crippen LogP contribution is -2.39. The number of hydrogen-bond donors (Lipinski definition) is 1. The van der Waals surface area contributed by atoms with E-state index in [-0.39, 0.29) is 17.3 Å². The first-order chi connectivity index (χ1) is 13.2. The number of nitro benzene ring substituents is 1. The maximum Gasteiger partial charge on any atom is 0.273 e.